The smallest absolute Gasteiger partial charge is 0.223 e. The number of rotatable bonds is 3. The molecule has 0 amide bonds. The zero-order valence-corrected chi connectivity index (χ0v) is 16.8. The Labute approximate surface area is 171 Å². The van der Waals surface area contributed by atoms with Crippen molar-refractivity contribution in [2.24, 2.45) is 0 Å². The molecule has 1 aromatic carbocycles. The summed E-state index contributed by atoms with van der Waals surface area (Å²) in [7, 11) is 2.18. The fraction of sp³-hybridized carbons (Fsp3) is 0.391. The molecule has 1 saturated heterocycles. The highest BCUT2D eigenvalue weighted by atomic mass is 15.2. The summed E-state index contributed by atoms with van der Waals surface area (Å²) in [6.07, 6.45) is 13.2. The van der Waals surface area contributed by atoms with Crippen LogP contribution in [0.4, 0.5) is 5.95 Å². The van der Waals surface area contributed by atoms with E-state index in [1.54, 1.807) is 6.33 Å². The first-order chi connectivity index (χ1) is 14.3. The van der Waals surface area contributed by atoms with Crippen LogP contribution in [-0.4, -0.2) is 51.0 Å². The Morgan fingerprint density at radius 2 is 2.00 bits per heavy atom. The number of hydrogen-bond acceptors (Lipinski definition) is 6. The van der Waals surface area contributed by atoms with E-state index in [0.717, 1.165) is 73.3 Å². The third kappa shape index (κ3) is 3.85. The number of anilines is 1. The van der Waals surface area contributed by atoms with Crippen molar-refractivity contribution in [3.8, 4) is 0 Å². The number of hydrogen-bond donors (Lipinski definition) is 1. The van der Waals surface area contributed by atoms with Crippen LogP contribution in [0, 0.1) is 0 Å². The summed E-state index contributed by atoms with van der Waals surface area (Å²) in [6, 6.07) is 6.84. The van der Waals surface area contributed by atoms with Gasteiger partial charge in [0.1, 0.15) is 6.33 Å². The number of nitrogens with zero attached hydrogens (tertiary/aromatic N) is 5. The van der Waals surface area contributed by atoms with E-state index in [4.69, 9.17) is 4.98 Å². The summed E-state index contributed by atoms with van der Waals surface area (Å²) in [4.78, 5) is 20.5. The normalized spacial score (nSPS) is 18.2. The Morgan fingerprint density at radius 1 is 1.10 bits per heavy atom. The van der Waals surface area contributed by atoms with E-state index in [0.29, 0.717) is 6.04 Å². The summed E-state index contributed by atoms with van der Waals surface area (Å²) in [5.41, 5.74) is 5.65. The maximum atomic E-state index is 4.92. The van der Waals surface area contributed by atoms with Gasteiger partial charge in [0.05, 0.1) is 11.2 Å². The van der Waals surface area contributed by atoms with E-state index in [1.165, 1.54) is 11.1 Å². The van der Waals surface area contributed by atoms with Gasteiger partial charge in [0.15, 0.2) is 0 Å². The van der Waals surface area contributed by atoms with Crippen molar-refractivity contribution in [3.63, 3.8) is 0 Å². The van der Waals surface area contributed by atoms with Gasteiger partial charge in [-0.25, -0.2) is 19.9 Å². The standard InChI is InChI=1S/C23H26N6/c1-29-10-8-18(9-11-29)27-23-25-14-20-19(4-2-3-5-22(20)28-23)16-6-7-21-17(12-16)13-24-15-26-21/h4,6-7,12-15,18H,2-3,5,8-11H2,1H3,(H,25,27,28). The van der Waals surface area contributed by atoms with Crippen molar-refractivity contribution < 1.29 is 0 Å². The fourth-order valence-corrected chi connectivity index (χ4v) is 4.29. The summed E-state index contributed by atoms with van der Waals surface area (Å²) >= 11 is 0. The van der Waals surface area contributed by atoms with Crippen molar-refractivity contribution in [1.82, 2.24) is 24.8 Å². The Bertz CT molecular complexity index is 1050. The zero-order chi connectivity index (χ0) is 19.6. The molecule has 6 heteroatoms. The first-order valence-corrected chi connectivity index (χ1v) is 10.5. The number of piperidine rings is 1. The molecule has 148 valence electrons. The van der Waals surface area contributed by atoms with E-state index < -0.39 is 0 Å². The fourth-order valence-electron chi connectivity index (χ4n) is 4.29. The minimum absolute atomic E-state index is 0.463. The molecule has 3 heterocycles. The lowest BCUT2D eigenvalue weighted by Gasteiger charge is -2.29. The first kappa shape index (κ1) is 18.2. The highest BCUT2D eigenvalue weighted by Crippen LogP contribution is 2.31. The third-order valence-electron chi connectivity index (χ3n) is 5.99. The molecule has 0 bridgehead atoms. The van der Waals surface area contributed by atoms with Crippen molar-refractivity contribution in [2.45, 2.75) is 38.1 Å². The lowest BCUT2D eigenvalue weighted by atomic mass is 9.97. The summed E-state index contributed by atoms with van der Waals surface area (Å²) in [6.45, 7) is 2.25. The molecular weight excluding hydrogens is 360 g/mol. The maximum Gasteiger partial charge on any atom is 0.223 e. The van der Waals surface area contributed by atoms with Crippen LogP contribution in [-0.2, 0) is 6.42 Å². The molecule has 0 spiro atoms. The van der Waals surface area contributed by atoms with Crippen LogP contribution in [0.25, 0.3) is 16.5 Å². The van der Waals surface area contributed by atoms with E-state index in [9.17, 15) is 0 Å². The first-order valence-electron chi connectivity index (χ1n) is 10.5. The molecule has 1 N–H and O–H groups in total. The van der Waals surface area contributed by atoms with Gasteiger partial charge < -0.3 is 10.2 Å². The Balaban J connectivity index is 1.44. The van der Waals surface area contributed by atoms with Gasteiger partial charge in [-0.05, 0) is 75.5 Å². The van der Waals surface area contributed by atoms with Crippen LogP contribution < -0.4 is 5.32 Å². The van der Waals surface area contributed by atoms with Crippen molar-refractivity contribution in [2.75, 3.05) is 25.5 Å². The summed E-state index contributed by atoms with van der Waals surface area (Å²) < 4.78 is 0. The molecule has 1 aliphatic heterocycles. The predicted molar refractivity (Wildman–Crippen MR) is 116 cm³/mol. The molecule has 3 aromatic rings. The highest BCUT2D eigenvalue weighted by Gasteiger charge is 2.20. The highest BCUT2D eigenvalue weighted by molar-refractivity contribution is 5.87. The molecule has 29 heavy (non-hydrogen) atoms. The van der Waals surface area contributed by atoms with Crippen LogP contribution in [0.3, 0.4) is 0 Å². The lowest BCUT2D eigenvalue weighted by molar-refractivity contribution is 0.263. The average Bonchev–Trinajstić information content (AvgIpc) is 2.97. The average molecular weight is 387 g/mol. The van der Waals surface area contributed by atoms with Crippen molar-refractivity contribution in [1.29, 1.82) is 0 Å². The van der Waals surface area contributed by atoms with Crippen LogP contribution >= 0.6 is 0 Å². The second-order valence-electron chi connectivity index (χ2n) is 8.08. The minimum atomic E-state index is 0.463. The molecule has 0 radical (unpaired) electrons. The molecule has 2 aliphatic rings. The van der Waals surface area contributed by atoms with Crippen LogP contribution in [0.5, 0.6) is 0 Å². The number of aryl methyl sites for hydroxylation is 1. The summed E-state index contributed by atoms with van der Waals surface area (Å²) in [5.74, 6) is 0.770. The molecule has 0 atom stereocenters. The summed E-state index contributed by atoms with van der Waals surface area (Å²) in [5, 5.41) is 4.62. The van der Waals surface area contributed by atoms with Crippen LogP contribution in [0.15, 0.2) is 43.0 Å². The van der Waals surface area contributed by atoms with Crippen molar-refractivity contribution >= 4 is 22.4 Å². The quantitative estimate of drug-likeness (QED) is 0.740. The molecule has 0 saturated carbocycles. The number of likely N-dealkylation sites (tertiary alicyclic amines) is 1. The third-order valence-corrected chi connectivity index (χ3v) is 5.99. The van der Waals surface area contributed by atoms with Gasteiger partial charge in [0.2, 0.25) is 5.95 Å². The molecule has 1 aliphatic carbocycles. The second-order valence-corrected chi connectivity index (χ2v) is 8.08. The Hall–Kier alpha value is -2.86. The zero-order valence-electron chi connectivity index (χ0n) is 16.8. The van der Waals surface area contributed by atoms with Gasteiger partial charge in [-0.15, -0.1) is 0 Å². The number of nitrogens with one attached hydrogen (secondary N) is 1. The van der Waals surface area contributed by atoms with Crippen molar-refractivity contribution in [3.05, 3.63) is 59.8 Å². The monoisotopic (exact) mass is 386 g/mol. The Morgan fingerprint density at radius 3 is 2.90 bits per heavy atom. The number of benzene rings is 1. The molecule has 5 rings (SSSR count). The SMILES string of the molecule is CN1CCC(Nc2ncc3c(n2)CCCC=C3c2ccc3ncncc3c2)CC1. The minimum Gasteiger partial charge on any atom is -0.351 e. The van der Waals surface area contributed by atoms with Crippen LogP contribution in [0.2, 0.25) is 0 Å². The molecule has 2 aromatic heterocycles. The number of aromatic nitrogens is 4. The maximum absolute atomic E-state index is 4.92. The van der Waals surface area contributed by atoms with Crippen LogP contribution in [0.1, 0.15) is 42.5 Å². The van der Waals surface area contributed by atoms with E-state index >= 15 is 0 Å². The van der Waals surface area contributed by atoms with E-state index in [1.807, 2.05) is 12.4 Å². The number of fused-ring (bicyclic) bond motifs is 2. The second kappa shape index (κ2) is 7.87. The Kier molecular flexibility index (Phi) is 4.94. The molecule has 0 unspecified atom stereocenters. The van der Waals surface area contributed by atoms with E-state index in [2.05, 4.69) is 56.5 Å². The lowest BCUT2D eigenvalue weighted by Crippen LogP contribution is -2.37. The molecular formula is C23H26N6. The van der Waals surface area contributed by atoms with Gasteiger partial charge in [-0.1, -0.05) is 12.1 Å². The molecule has 1 fully saturated rings. The largest absolute Gasteiger partial charge is 0.351 e. The van der Waals surface area contributed by atoms with Gasteiger partial charge in [0.25, 0.3) is 0 Å². The van der Waals surface area contributed by atoms with Gasteiger partial charge >= 0.3 is 0 Å². The number of allylic oxidation sites excluding steroid dienone is 1. The predicted octanol–water partition coefficient (Wildman–Crippen LogP) is 3.69. The molecule has 6 nitrogen and oxygen atoms in total. The van der Waals surface area contributed by atoms with Gasteiger partial charge in [-0.2, -0.15) is 0 Å². The van der Waals surface area contributed by atoms with Gasteiger partial charge in [0, 0.05) is 29.4 Å². The van der Waals surface area contributed by atoms with E-state index in [-0.39, 0.29) is 0 Å². The topological polar surface area (TPSA) is 66.8 Å². The van der Waals surface area contributed by atoms with Gasteiger partial charge in [-0.3, -0.25) is 0 Å².